The van der Waals surface area contributed by atoms with E-state index in [4.69, 9.17) is 19.9 Å². The second-order valence-corrected chi connectivity index (χ2v) is 5.49. The summed E-state index contributed by atoms with van der Waals surface area (Å²) in [6, 6.07) is 12.3. The maximum atomic E-state index is 12.3. The van der Waals surface area contributed by atoms with Gasteiger partial charge in [-0.2, -0.15) is 0 Å². The third-order valence-electron chi connectivity index (χ3n) is 4.21. The second kappa shape index (κ2) is 5.17. The first-order chi connectivity index (χ1) is 11.2. The van der Waals surface area contributed by atoms with Crippen LogP contribution in [0, 0.1) is 0 Å². The lowest BCUT2D eigenvalue weighted by molar-refractivity contribution is -0.126. The monoisotopic (exact) mass is 312 g/mol. The highest BCUT2D eigenvalue weighted by Gasteiger charge is 2.47. The van der Waals surface area contributed by atoms with Crippen LogP contribution in [-0.2, 0) is 4.79 Å². The number of hydrogen-bond acceptors (Lipinski definition) is 5. The van der Waals surface area contributed by atoms with Gasteiger partial charge in [0.15, 0.2) is 11.5 Å². The van der Waals surface area contributed by atoms with Gasteiger partial charge in [0.1, 0.15) is 11.8 Å². The van der Waals surface area contributed by atoms with Gasteiger partial charge in [-0.25, -0.2) is 0 Å². The van der Waals surface area contributed by atoms with Gasteiger partial charge in [0.2, 0.25) is 12.7 Å². The van der Waals surface area contributed by atoms with Gasteiger partial charge < -0.3 is 24.8 Å². The van der Waals surface area contributed by atoms with Crippen molar-refractivity contribution in [3.05, 3.63) is 48.0 Å². The van der Waals surface area contributed by atoms with E-state index in [2.05, 4.69) is 0 Å². The zero-order chi connectivity index (χ0) is 16.0. The van der Waals surface area contributed by atoms with Gasteiger partial charge in [-0.1, -0.05) is 12.1 Å². The van der Waals surface area contributed by atoms with Crippen LogP contribution >= 0.6 is 0 Å². The van der Waals surface area contributed by atoms with Crippen molar-refractivity contribution in [1.29, 1.82) is 0 Å². The molecule has 0 aromatic heterocycles. The quantitative estimate of drug-likeness (QED) is 0.875. The molecule has 2 atom stereocenters. The highest BCUT2D eigenvalue weighted by atomic mass is 16.7. The van der Waals surface area contributed by atoms with E-state index in [1.54, 1.807) is 24.1 Å². The molecule has 1 amide bonds. The number of nitrogens with two attached hydrogens (primary N) is 1. The molecule has 2 unspecified atom stereocenters. The molecule has 2 heterocycles. The summed E-state index contributed by atoms with van der Waals surface area (Å²) >= 11 is 0. The summed E-state index contributed by atoms with van der Waals surface area (Å²) in [6.07, 6.45) is 0. The number of ether oxygens (including phenoxy) is 3. The molecule has 0 radical (unpaired) electrons. The Morgan fingerprint density at radius 1 is 1.17 bits per heavy atom. The molecular formula is C17H16N2O4. The van der Waals surface area contributed by atoms with Crippen LogP contribution in [-0.4, -0.2) is 25.9 Å². The van der Waals surface area contributed by atoms with Crippen LogP contribution in [0.25, 0.3) is 0 Å². The Balaban J connectivity index is 1.70. The zero-order valence-corrected chi connectivity index (χ0v) is 12.6. The zero-order valence-electron chi connectivity index (χ0n) is 12.6. The lowest BCUT2D eigenvalue weighted by Gasteiger charge is -2.45. The number of β-lactam (4-membered cyclic amide) rings is 1. The van der Waals surface area contributed by atoms with Gasteiger partial charge >= 0.3 is 0 Å². The molecule has 2 N–H and O–H groups in total. The summed E-state index contributed by atoms with van der Waals surface area (Å²) in [5.74, 6) is 1.94. The number of methoxy groups -OCH3 is 1. The first kappa shape index (κ1) is 13.9. The van der Waals surface area contributed by atoms with E-state index >= 15 is 0 Å². The molecule has 6 heteroatoms. The predicted molar refractivity (Wildman–Crippen MR) is 83.8 cm³/mol. The van der Waals surface area contributed by atoms with E-state index in [0.717, 1.165) is 17.0 Å². The number of fused-ring (bicyclic) bond motifs is 1. The van der Waals surface area contributed by atoms with Gasteiger partial charge in [-0.15, -0.1) is 0 Å². The highest BCUT2D eigenvalue weighted by molar-refractivity contribution is 6.05. The Bertz CT molecular complexity index is 777. The van der Waals surface area contributed by atoms with E-state index < -0.39 is 6.04 Å². The summed E-state index contributed by atoms with van der Waals surface area (Å²) in [5, 5.41) is 0. The molecule has 4 rings (SSSR count). The number of amides is 1. The van der Waals surface area contributed by atoms with E-state index in [1.165, 1.54) is 0 Å². The summed E-state index contributed by atoms with van der Waals surface area (Å²) in [7, 11) is 1.61. The van der Waals surface area contributed by atoms with Crippen LogP contribution in [0.2, 0.25) is 0 Å². The molecular weight excluding hydrogens is 296 g/mol. The van der Waals surface area contributed by atoms with Crippen molar-refractivity contribution in [1.82, 2.24) is 0 Å². The number of benzene rings is 2. The third-order valence-corrected chi connectivity index (χ3v) is 4.21. The van der Waals surface area contributed by atoms with Crippen LogP contribution in [0.15, 0.2) is 42.5 Å². The fourth-order valence-electron chi connectivity index (χ4n) is 3.02. The largest absolute Gasteiger partial charge is 0.497 e. The molecule has 2 aliphatic rings. The molecule has 0 bridgehead atoms. The summed E-state index contributed by atoms with van der Waals surface area (Å²) in [5.41, 5.74) is 7.73. The molecule has 0 saturated carbocycles. The average Bonchev–Trinajstić information content (AvgIpc) is 3.06. The SMILES string of the molecule is COc1cccc(C2C(N)C(=O)N2c2ccc3c(c2)OCO3)c1. The Kier molecular flexibility index (Phi) is 3.12. The van der Waals surface area contributed by atoms with Crippen LogP contribution < -0.4 is 24.8 Å². The minimum absolute atomic E-state index is 0.114. The maximum Gasteiger partial charge on any atom is 0.247 e. The van der Waals surface area contributed by atoms with E-state index in [9.17, 15) is 4.79 Å². The first-order valence-electron chi connectivity index (χ1n) is 7.31. The van der Waals surface area contributed by atoms with E-state index in [0.29, 0.717) is 11.5 Å². The summed E-state index contributed by atoms with van der Waals surface area (Å²) in [6.45, 7) is 0.200. The molecule has 0 aliphatic carbocycles. The number of nitrogens with zero attached hydrogens (tertiary/aromatic N) is 1. The topological polar surface area (TPSA) is 74.0 Å². The van der Waals surface area contributed by atoms with Crippen molar-refractivity contribution in [2.75, 3.05) is 18.8 Å². The third kappa shape index (κ3) is 2.10. The van der Waals surface area contributed by atoms with Gasteiger partial charge in [0.25, 0.3) is 0 Å². The van der Waals surface area contributed by atoms with Crippen molar-refractivity contribution in [3.8, 4) is 17.2 Å². The van der Waals surface area contributed by atoms with Gasteiger partial charge in [0, 0.05) is 11.8 Å². The molecule has 6 nitrogen and oxygen atoms in total. The molecule has 118 valence electrons. The number of anilines is 1. The van der Waals surface area contributed by atoms with E-state index in [-0.39, 0.29) is 18.7 Å². The fraction of sp³-hybridized carbons (Fsp3) is 0.235. The number of hydrogen-bond donors (Lipinski definition) is 1. The van der Waals surface area contributed by atoms with Crippen LogP contribution in [0.1, 0.15) is 11.6 Å². The molecule has 2 aromatic rings. The molecule has 23 heavy (non-hydrogen) atoms. The molecule has 1 fully saturated rings. The maximum absolute atomic E-state index is 12.3. The smallest absolute Gasteiger partial charge is 0.247 e. The lowest BCUT2D eigenvalue weighted by Crippen LogP contribution is -2.63. The van der Waals surface area contributed by atoms with Crippen molar-refractivity contribution >= 4 is 11.6 Å². The first-order valence-corrected chi connectivity index (χ1v) is 7.31. The van der Waals surface area contributed by atoms with Crippen LogP contribution in [0.4, 0.5) is 5.69 Å². The Hall–Kier alpha value is -2.73. The van der Waals surface area contributed by atoms with Crippen LogP contribution in [0.3, 0.4) is 0 Å². The Morgan fingerprint density at radius 2 is 2.00 bits per heavy atom. The van der Waals surface area contributed by atoms with Gasteiger partial charge in [-0.3, -0.25) is 4.79 Å². The standard InChI is InChI=1S/C17H16N2O4/c1-21-12-4-2-3-10(7-12)16-15(18)17(20)19(16)11-5-6-13-14(8-11)23-9-22-13/h2-8,15-16H,9,18H2,1H3. The number of carbonyl (C=O) groups is 1. The number of carbonyl (C=O) groups excluding carboxylic acids is 1. The van der Waals surface area contributed by atoms with Crippen molar-refractivity contribution in [3.63, 3.8) is 0 Å². The average molecular weight is 312 g/mol. The molecule has 2 aliphatic heterocycles. The second-order valence-electron chi connectivity index (χ2n) is 5.49. The van der Waals surface area contributed by atoms with Crippen LogP contribution in [0.5, 0.6) is 17.2 Å². The molecule has 1 saturated heterocycles. The lowest BCUT2D eigenvalue weighted by atomic mass is 9.88. The highest BCUT2D eigenvalue weighted by Crippen LogP contribution is 2.43. The molecule has 0 spiro atoms. The normalized spacial score (nSPS) is 22.0. The van der Waals surface area contributed by atoms with E-state index in [1.807, 2.05) is 30.3 Å². The Labute approximate surface area is 133 Å². The predicted octanol–water partition coefficient (Wildman–Crippen LogP) is 1.84. The summed E-state index contributed by atoms with van der Waals surface area (Å²) < 4.78 is 15.9. The fourth-order valence-corrected chi connectivity index (χ4v) is 3.02. The van der Waals surface area contributed by atoms with Crippen molar-refractivity contribution in [2.24, 2.45) is 5.73 Å². The number of rotatable bonds is 3. The minimum Gasteiger partial charge on any atom is -0.497 e. The van der Waals surface area contributed by atoms with Gasteiger partial charge in [-0.05, 0) is 29.8 Å². The Morgan fingerprint density at radius 3 is 2.83 bits per heavy atom. The minimum atomic E-state index is -0.562. The van der Waals surface area contributed by atoms with Crippen molar-refractivity contribution in [2.45, 2.75) is 12.1 Å². The summed E-state index contributed by atoms with van der Waals surface area (Å²) in [4.78, 5) is 14.0. The van der Waals surface area contributed by atoms with Gasteiger partial charge in [0.05, 0.1) is 13.2 Å². The van der Waals surface area contributed by atoms with Crippen molar-refractivity contribution < 1.29 is 19.0 Å². The molecule has 2 aromatic carbocycles.